The topological polar surface area (TPSA) is 98.6 Å². The predicted molar refractivity (Wildman–Crippen MR) is 93.7 cm³/mol. The van der Waals surface area contributed by atoms with Gasteiger partial charge >= 0.3 is 5.97 Å². The van der Waals surface area contributed by atoms with Crippen molar-refractivity contribution in [1.29, 1.82) is 0 Å². The van der Waals surface area contributed by atoms with Crippen molar-refractivity contribution in [2.45, 2.75) is 32.4 Å². The number of carboxylic acid groups (broad SMARTS) is 1. The Morgan fingerprint density at radius 2 is 2.20 bits per heavy atom. The number of rotatable bonds is 7. The van der Waals surface area contributed by atoms with Crippen molar-refractivity contribution in [3.05, 3.63) is 59.6 Å². The average Bonchev–Trinajstić information content (AvgIpc) is 2.94. The molecule has 0 aliphatic carbocycles. The molecule has 3 aromatic rings. The van der Waals surface area contributed by atoms with Crippen molar-refractivity contribution in [2.75, 3.05) is 0 Å². The summed E-state index contributed by atoms with van der Waals surface area (Å²) in [4.78, 5) is 15.3. The molecule has 1 atom stereocenters. The summed E-state index contributed by atoms with van der Waals surface area (Å²) in [5.74, 6) is -0.628. The first kappa shape index (κ1) is 17.0. The molecule has 0 fully saturated rings. The highest BCUT2D eigenvalue weighted by Gasteiger charge is 2.20. The van der Waals surface area contributed by atoms with Crippen LogP contribution in [0.1, 0.15) is 34.5 Å². The minimum absolute atomic E-state index is 0.0730. The SMILES string of the molecule is Cc1c(C(=O)O)oc2cccc(OC(N)CCCc3cccnc3)c12. The summed E-state index contributed by atoms with van der Waals surface area (Å²) >= 11 is 0. The number of carbonyl (C=O) groups is 1. The van der Waals surface area contributed by atoms with E-state index in [9.17, 15) is 9.90 Å². The zero-order valence-electron chi connectivity index (χ0n) is 13.9. The van der Waals surface area contributed by atoms with E-state index < -0.39 is 12.2 Å². The van der Waals surface area contributed by atoms with Gasteiger partial charge < -0.3 is 14.3 Å². The summed E-state index contributed by atoms with van der Waals surface area (Å²) in [7, 11) is 0. The van der Waals surface area contributed by atoms with Gasteiger partial charge in [0.1, 0.15) is 17.6 Å². The van der Waals surface area contributed by atoms with Crippen LogP contribution in [0.15, 0.2) is 47.1 Å². The Kier molecular flexibility index (Phi) is 5.00. The van der Waals surface area contributed by atoms with Gasteiger partial charge in [0.05, 0.1) is 5.39 Å². The highest BCUT2D eigenvalue weighted by atomic mass is 16.5. The Morgan fingerprint density at radius 3 is 2.92 bits per heavy atom. The third-order valence-corrected chi connectivity index (χ3v) is 4.07. The second-order valence-corrected chi connectivity index (χ2v) is 5.90. The Balaban J connectivity index is 1.68. The van der Waals surface area contributed by atoms with E-state index in [-0.39, 0.29) is 5.76 Å². The average molecular weight is 340 g/mol. The van der Waals surface area contributed by atoms with Gasteiger partial charge in [0.2, 0.25) is 5.76 Å². The molecule has 25 heavy (non-hydrogen) atoms. The maximum absolute atomic E-state index is 11.2. The molecule has 6 heteroatoms. The smallest absolute Gasteiger partial charge is 0.372 e. The zero-order chi connectivity index (χ0) is 17.8. The fourth-order valence-corrected chi connectivity index (χ4v) is 2.84. The Labute approximate surface area is 145 Å². The van der Waals surface area contributed by atoms with E-state index in [2.05, 4.69) is 4.98 Å². The monoisotopic (exact) mass is 340 g/mol. The number of aromatic nitrogens is 1. The minimum Gasteiger partial charge on any atom is -0.475 e. The van der Waals surface area contributed by atoms with E-state index in [0.717, 1.165) is 18.4 Å². The number of nitrogens with zero attached hydrogens (tertiary/aromatic N) is 1. The molecule has 1 unspecified atom stereocenters. The molecule has 0 radical (unpaired) electrons. The quantitative estimate of drug-likeness (QED) is 0.639. The van der Waals surface area contributed by atoms with Gasteiger partial charge in [0.25, 0.3) is 0 Å². The van der Waals surface area contributed by atoms with Crippen molar-refractivity contribution >= 4 is 16.9 Å². The second-order valence-electron chi connectivity index (χ2n) is 5.90. The lowest BCUT2D eigenvalue weighted by Crippen LogP contribution is -2.27. The molecule has 0 amide bonds. The van der Waals surface area contributed by atoms with Crippen LogP contribution in [-0.2, 0) is 6.42 Å². The number of furan rings is 1. The zero-order valence-corrected chi connectivity index (χ0v) is 13.9. The standard InChI is InChI=1S/C19H20N2O4/c1-12-17-14(7-3-8-15(17)25-18(12)19(22)23)24-16(20)9-2-5-13-6-4-10-21-11-13/h3-4,6-8,10-11,16H,2,5,9,20H2,1H3,(H,22,23). The van der Waals surface area contributed by atoms with Crippen LogP contribution >= 0.6 is 0 Å². The first-order valence-corrected chi connectivity index (χ1v) is 8.13. The second kappa shape index (κ2) is 7.36. The van der Waals surface area contributed by atoms with Crippen LogP contribution in [0.3, 0.4) is 0 Å². The molecular formula is C19H20N2O4. The first-order valence-electron chi connectivity index (χ1n) is 8.13. The first-order chi connectivity index (χ1) is 12.1. The fourth-order valence-electron chi connectivity index (χ4n) is 2.84. The van der Waals surface area contributed by atoms with Gasteiger partial charge in [-0.2, -0.15) is 0 Å². The van der Waals surface area contributed by atoms with Gasteiger partial charge in [-0.05, 0) is 49.9 Å². The van der Waals surface area contributed by atoms with E-state index in [0.29, 0.717) is 28.7 Å². The van der Waals surface area contributed by atoms with Gasteiger partial charge in [-0.15, -0.1) is 0 Å². The van der Waals surface area contributed by atoms with Gasteiger partial charge in [-0.1, -0.05) is 12.1 Å². The third kappa shape index (κ3) is 3.80. The number of benzene rings is 1. The lowest BCUT2D eigenvalue weighted by molar-refractivity contribution is 0.0664. The van der Waals surface area contributed by atoms with Gasteiger partial charge in [-0.25, -0.2) is 4.79 Å². The van der Waals surface area contributed by atoms with E-state index in [1.165, 1.54) is 0 Å². The summed E-state index contributed by atoms with van der Waals surface area (Å²) in [6, 6.07) is 9.19. The summed E-state index contributed by atoms with van der Waals surface area (Å²) in [5.41, 5.74) is 8.28. The van der Waals surface area contributed by atoms with Crippen LogP contribution in [0.4, 0.5) is 0 Å². The number of carboxylic acids is 1. The van der Waals surface area contributed by atoms with Crippen LogP contribution in [0.5, 0.6) is 5.75 Å². The molecule has 0 aliphatic rings. The van der Waals surface area contributed by atoms with Crippen LogP contribution in [-0.4, -0.2) is 22.3 Å². The minimum atomic E-state index is -1.10. The normalized spacial score (nSPS) is 12.2. The molecule has 3 N–H and O–H groups in total. The third-order valence-electron chi connectivity index (χ3n) is 4.07. The molecule has 0 saturated heterocycles. The highest BCUT2D eigenvalue weighted by molar-refractivity contribution is 5.97. The summed E-state index contributed by atoms with van der Waals surface area (Å²) < 4.78 is 11.2. The predicted octanol–water partition coefficient (Wildman–Crippen LogP) is 3.52. The molecule has 1 aromatic carbocycles. The van der Waals surface area contributed by atoms with Gasteiger partial charge in [0.15, 0.2) is 0 Å². The number of pyridine rings is 1. The van der Waals surface area contributed by atoms with E-state index in [1.54, 1.807) is 31.3 Å². The van der Waals surface area contributed by atoms with Crippen molar-refractivity contribution in [3.8, 4) is 5.75 Å². The Hall–Kier alpha value is -2.86. The summed E-state index contributed by atoms with van der Waals surface area (Å²) in [6.45, 7) is 1.70. The number of aryl methyl sites for hydroxylation is 2. The van der Waals surface area contributed by atoms with Gasteiger partial charge in [-0.3, -0.25) is 10.7 Å². The van der Waals surface area contributed by atoms with Crippen LogP contribution in [0.25, 0.3) is 11.0 Å². The molecular weight excluding hydrogens is 320 g/mol. The molecule has 3 rings (SSSR count). The molecule has 6 nitrogen and oxygen atoms in total. The van der Waals surface area contributed by atoms with E-state index in [1.807, 2.05) is 18.3 Å². The molecule has 130 valence electrons. The summed E-state index contributed by atoms with van der Waals surface area (Å²) in [5, 5.41) is 9.85. The number of nitrogens with two attached hydrogens (primary N) is 1. The fraction of sp³-hybridized carbons (Fsp3) is 0.263. The number of ether oxygens (including phenoxy) is 1. The molecule has 0 bridgehead atoms. The van der Waals surface area contributed by atoms with Crippen molar-refractivity contribution in [3.63, 3.8) is 0 Å². The van der Waals surface area contributed by atoms with Crippen LogP contribution in [0.2, 0.25) is 0 Å². The van der Waals surface area contributed by atoms with Crippen molar-refractivity contribution in [2.24, 2.45) is 5.73 Å². The van der Waals surface area contributed by atoms with Crippen LogP contribution < -0.4 is 10.5 Å². The maximum atomic E-state index is 11.2. The largest absolute Gasteiger partial charge is 0.475 e. The molecule has 0 saturated carbocycles. The summed E-state index contributed by atoms with van der Waals surface area (Å²) in [6.07, 6.45) is 5.53. The Bertz CT molecular complexity index is 874. The van der Waals surface area contributed by atoms with E-state index >= 15 is 0 Å². The molecule has 2 heterocycles. The number of aromatic carboxylic acids is 1. The Morgan fingerprint density at radius 1 is 1.36 bits per heavy atom. The lowest BCUT2D eigenvalue weighted by Gasteiger charge is -2.15. The van der Waals surface area contributed by atoms with E-state index in [4.69, 9.17) is 14.9 Å². The lowest BCUT2D eigenvalue weighted by atomic mass is 10.1. The van der Waals surface area contributed by atoms with Gasteiger partial charge in [0, 0.05) is 18.0 Å². The van der Waals surface area contributed by atoms with Crippen LogP contribution in [0, 0.1) is 6.92 Å². The highest BCUT2D eigenvalue weighted by Crippen LogP contribution is 2.33. The number of fused-ring (bicyclic) bond motifs is 1. The van der Waals surface area contributed by atoms with Crippen molar-refractivity contribution in [1.82, 2.24) is 4.98 Å². The maximum Gasteiger partial charge on any atom is 0.372 e. The number of hydrogen-bond donors (Lipinski definition) is 2. The number of hydrogen-bond acceptors (Lipinski definition) is 5. The molecule has 0 aliphatic heterocycles. The molecule has 0 spiro atoms. The van der Waals surface area contributed by atoms with Crippen molar-refractivity contribution < 1.29 is 19.1 Å². The molecule has 2 aromatic heterocycles.